The molecule has 0 atom stereocenters. The van der Waals surface area contributed by atoms with Gasteiger partial charge in [0.2, 0.25) is 0 Å². The number of hydrogen-bond donors (Lipinski definition) is 2. The van der Waals surface area contributed by atoms with Crippen molar-refractivity contribution in [1.29, 1.82) is 0 Å². The van der Waals surface area contributed by atoms with Crippen LogP contribution in [0.3, 0.4) is 0 Å². The van der Waals surface area contributed by atoms with E-state index < -0.39 is 11.9 Å². The van der Waals surface area contributed by atoms with Crippen molar-refractivity contribution in [2.45, 2.75) is 58.3 Å². The van der Waals surface area contributed by atoms with Gasteiger partial charge < -0.3 is 10.2 Å². The molecule has 0 saturated heterocycles. The Hall–Kier alpha value is -2.62. The van der Waals surface area contributed by atoms with E-state index in [2.05, 4.69) is 13.8 Å². The molecule has 0 saturated carbocycles. The van der Waals surface area contributed by atoms with Crippen LogP contribution in [0, 0.1) is 0 Å². The number of hydrogen-bond acceptors (Lipinski definition) is 2. The summed E-state index contributed by atoms with van der Waals surface area (Å²) in [5, 5.41) is 18.8. The van der Waals surface area contributed by atoms with Gasteiger partial charge in [0.05, 0.1) is 12.0 Å². The minimum Gasteiger partial charge on any atom is -0.481 e. The van der Waals surface area contributed by atoms with Crippen LogP contribution in [-0.2, 0) is 28.5 Å². The third-order valence-corrected chi connectivity index (χ3v) is 4.86. The molecule has 0 radical (unpaired) electrons. The first-order valence-electron chi connectivity index (χ1n) is 9.09. The van der Waals surface area contributed by atoms with E-state index in [9.17, 15) is 19.8 Å². The van der Waals surface area contributed by atoms with Crippen molar-refractivity contribution in [3.8, 4) is 0 Å². The van der Waals surface area contributed by atoms with Crippen LogP contribution in [0.1, 0.15) is 67.2 Å². The van der Waals surface area contributed by atoms with Gasteiger partial charge in [-0.1, -0.05) is 71.0 Å². The van der Waals surface area contributed by atoms with Gasteiger partial charge in [-0.15, -0.1) is 0 Å². The number of aliphatic carboxylic acids is 1. The molecule has 4 nitrogen and oxygen atoms in total. The summed E-state index contributed by atoms with van der Waals surface area (Å²) >= 11 is 0. The third-order valence-electron chi connectivity index (χ3n) is 4.86. The first kappa shape index (κ1) is 20.7. The Balaban J connectivity index is 2.43. The van der Waals surface area contributed by atoms with Gasteiger partial charge in [0.15, 0.2) is 0 Å². The van der Waals surface area contributed by atoms with Gasteiger partial charge in [-0.2, -0.15) is 0 Å². The Bertz CT molecular complexity index is 857. The molecular weight excluding hydrogens is 340 g/mol. The molecule has 0 fully saturated rings. The highest BCUT2D eigenvalue weighted by Gasteiger charge is 2.27. The fourth-order valence-corrected chi connectivity index (χ4v) is 3.64. The summed E-state index contributed by atoms with van der Waals surface area (Å²) in [7, 11) is 0. The lowest BCUT2D eigenvalue weighted by molar-refractivity contribution is -0.136. The first-order chi connectivity index (χ1) is 12.4. The minimum atomic E-state index is -0.925. The number of carbonyl (C=O) groups is 2. The monoisotopic (exact) mass is 368 g/mol. The van der Waals surface area contributed by atoms with Gasteiger partial charge in [-0.3, -0.25) is 4.79 Å². The molecule has 144 valence electrons. The van der Waals surface area contributed by atoms with Crippen LogP contribution in [0.4, 0.5) is 0 Å². The SMILES string of the molecule is CC(C)(C)c1ccc(CC(C)(C)c2ccccc2CC(=O)O)cc1C(=O)O. The number of aromatic carboxylic acids is 1. The summed E-state index contributed by atoms with van der Waals surface area (Å²) in [6.07, 6.45) is 0.595. The van der Waals surface area contributed by atoms with Gasteiger partial charge in [0.25, 0.3) is 0 Å². The van der Waals surface area contributed by atoms with E-state index >= 15 is 0 Å². The average molecular weight is 368 g/mol. The Morgan fingerprint density at radius 2 is 1.52 bits per heavy atom. The number of carboxylic acids is 2. The summed E-state index contributed by atoms with van der Waals surface area (Å²) in [6.45, 7) is 10.1. The van der Waals surface area contributed by atoms with Crippen LogP contribution >= 0.6 is 0 Å². The molecule has 0 aliphatic rings. The minimum absolute atomic E-state index is 0.0249. The highest BCUT2D eigenvalue weighted by atomic mass is 16.4. The lowest BCUT2D eigenvalue weighted by Gasteiger charge is -2.29. The summed E-state index contributed by atoms with van der Waals surface area (Å²) in [5.41, 5.74) is 3.25. The highest BCUT2D eigenvalue weighted by molar-refractivity contribution is 5.90. The van der Waals surface area contributed by atoms with E-state index in [4.69, 9.17) is 0 Å². The molecule has 2 aromatic carbocycles. The molecule has 0 spiro atoms. The first-order valence-corrected chi connectivity index (χ1v) is 9.09. The summed E-state index contributed by atoms with van der Waals surface area (Å²) in [4.78, 5) is 23.0. The molecule has 2 aromatic rings. The van der Waals surface area contributed by atoms with Crippen LogP contribution < -0.4 is 0 Å². The van der Waals surface area contributed by atoms with Crippen LogP contribution in [0.15, 0.2) is 42.5 Å². The van der Waals surface area contributed by atoms with Crippen molar-refractivity contribution >= 4 is 11.9 Å². The Morgan fingerprint density at radius 3 is 2.07 bits per heavy atom. The number of rotatable bonds is 6. The molecule has 0 bridgehead atoms. The maximum absolute atomic E-state index is 11.8. The Labute approximate surface area is 160 Å². The second-order valence-corrected chi connectivity index (χ2v) is 8.72. The van der Waals surface area contributed by atoms with Crippen molar-refractivity contribution in [2.24, 2.45) is 0 Å². The molecule has 2 N–H and O–H groups in total. The number of benzene rings is 2. The molecule has 27 heavy (non-hydrogen) atoms. The summed E-state index contributed by atoms with van der Waals surface area (Å²) in [6, 6.07) is 13.2. The molecule has 0 aliphatic heterocycles. The van der Waals surface area contributed by atoms with Crippen LogP contribution in [0.2, 0.25) is 0 Å². The van der Waals surface area contributed by atoms with E-state index in [1.54, 1.807) is 6.07 Å². The second-order valence-electron chi connectivity index (χ2n) is 8.72. The van der Waals surface area contributed by atoms with E-state index in [1.807, 2.05) is 57.2 Å². The van der Waals surface area contributed by atoms with Crippen molar-refractivity contribution in [2.75, 3.05) is 0 Å². The lowest BCUT2D eigenvalue weighted by atomic mass is 9.75. The van der Waals surface area contributed by atoms with Crippen LogP contribution in [0.5, 0.6) is 0 Å². The van der Waals surface area contributed by atoms with Gasteiger partial charge in [-0.25, -0.2) is 4.79 Å². The van der Waals surface area contributed by atoms with E-state index in [0.29, 0.717) is 12.0 Å². The topological polar surface area (TPSA) is 74.6 Å². The fraction of sp³-hybridized carbons (Fsp3) is 0.391. The Kier molecular flexibility index (Phi) is 5.79. The molecule has 0 amide bonds. The highest BCUT2D eigenvalue weighted by Crippen LogP contribution is 2.33. The average Bonchev–Trinajstić information content (AvgIpc) is 2.53. The van der Waals surface area contributed by atoms with E-state index in [1.165, 1.54) is 0 Å². The van der Waals surface area contributed by atoms with Gasteiger partial charge in [0.1, 0.15) is 0 Å². The van der Waals surface area contributed by atoms with Gasteiger partial charge in [0, 0.05) is 0 Å². The second kappa shape index (κ2) is 7.55. The smallest absolute Gasteiger partial charge is 0.335 e. The van der Waals surface area contributed by atoms with E-state index in [0.717, 1.165) is 22.3 Å². The summed E-state index contributed by atoms with van der Waals surface area (Å²) in [5.74, 6) is -1.79. The van der Waals surface area contributed by atoms with Crippen molar-refractivity contribution < 1.29 is 19.8 Å². The molecular formula is C23H28O4. The standard InChI is InChI=1S/C23H28O4/c1-22(2,3)19-11-10-15(12-17(19)21(26)27)14-23(4,5)18-9-7-6-8-16(18)13-20(24)25/h6-12H,13-14H2,1-5H3,(H,24,25)(H,26,27). The largest absolute Gasteiger partial charge is 0.481 e. The molecule has 0 aromatic heterocycles. The molecule has 0 unspecified atom stereocenters. The zero-order valence-corrected chi connectivity index (χ0v) is 16.7. The maximum atomic E-state index is 11.8. The maximum Gasteiger partial charge on any atom is 0.335 e. The third kappa shape index (κ3) is 4.97. The normalized spacial score (nSPS) is 12.0. The quantitative estimate of drug-likeness (QED) is 0.766. The summed E-state index contributed by atoms with van der Waals surface area (Å²) < 4.78 is 0. The predicted octanol–water partition coefficient (Wildman–Crippen LogP) is 4.83. The molecule has 0 aliphatic carbocycles. The predicted molar refractivity (Wildman–Crippen MR) is 107 cm³/mol. The van der Waals surface area contributed by atoms with Crippen LogP contribution in [0.25, 0.3) is 0 Å². The van der Waals surface area contributed by atoms with Crippen molar-refractivity contribution in [1.82, 2.24) is 0 Å². The molecule has 0 heterocycles. The van der Waals surface area contributed by atoms with Crippen LogP contribution in [-0.4, -0.2) is 22.2 Å². The van der Waals surface area contributed by atoms with Crippen molar-refractivity contribution in [3.63, 3.8) is 0 Å². The van der Waals surface area contributed by atoms with Gasteiger partial charge >= 0.3 is 11.9 Å². The number of carboxylic acid groups (broad SMARTS) is 2. The zero-order chi connectivity index (χ0) is 20.4. The van der Waals surface area contributed by atoms with E-state index in [-0.39, 0.29) is 17.3 Å². The fourth-order valence-electron chi connectivity index (χ4n) is 3.64. The van der Waals surface area contributed by atoms with Crippen molar-refractivity contribution in [3.05, 3.63) is 70.3 Å². The lowest BCUT2D eigenvalue weighted by Crippen LogP contribution is -2.24. The molecule has 2 rings (SSSR count). The molecule has 4 heteroatoms. The van der Waals surface area contributed by atoms with Gasteiger partial charge in [-0.05, 0) is 45.6 Å². The Morgan fingerprint density at radius 1 is 0.889 bits per heavy atom. The zero-order valence-electron chi connectivity index (χ0n) is 16.7.